The van der Waals surface area contributed by atoms with Gasteiger partial charge in [-0.2, -0.15) is 0 Å². The molecule has 0 bridgehead atoms. The van der Waals surface area contributed by atoms with Crippen LogP contribution in [0.4, 0.5) is 0 Å². The summed E-state index contributed by atoms with van der Waals surface area (Å²) < 4.78 is 1.08. The van der Waals surface area contributed by atoms with Crippen LogP contribution in [-0.2, 0) is 4.79 Å². The van der Waals surface area contributed by atoms with Crippen LogP contribution in [-0.4, -0.2) is 11.9 Å². The molecule has 0 saturated heterocycles. The zero-order chi connectivity index (χ0) is 15.5. The molecule has 4 heteroatoms. The number of benzene rings is 1. The molecule has 3 N–H and O–H groups in total. The molecule has 0 radical (unpaired) electrons. The molecular formula is C18H25BrN2O. The average molecular weight is 365 g/mol. The molecule has 0 heterocycles. The molecule has 1 unspecified atom stereocenters. The summed E-state index contributed by atoms with van der Waals surface area (Å²) in [5.41, 5.74) is 7.32. The third-order valence-electron chi connectivity index (χ3n) is 5.33. The lowest BCUT2D eigenvalue weighted by Crippen LogP contribution is -2.38. The summed E-state index contributed by atoms with van der Waals surface area (Å²) in [6, 6.07) is 8.72. The van der Waals surface area contributed by atoms with E-state index in [1.807, 2.05) is 0 Å². The van der Waals surface area contributed by atoms with Crippen molar-refractivity contribution in [2.45, 2.75) is 57.0 Å². The number of halogens is 1. The second-order valence-electron chi connectivity index (χ2n) is 6.85. The number of hydrogen-bond acceptors (Lipinski definition) is 2. The highest BCUT2D eigenvalue weighted by atomic mass is 79.9. The molecular weight excluding hydrogens is 340 g/mol. The topological polar surface area (TPSA) is 55.1 Å². The minimum Gasteiger partial charge on any atom is -0.349 e. The minimum absolute atomic E-state index is 0.159. The first kappa shape index (κ1) is 16.0. The van der Waals surface area contributed by atoms with Crippen LogP contribution in [0.2, 0.25) is 0 Å². The Labute approximate surface area is 141 Å². The van der Waals surface area contributed by atoms with Crippen molar-refractivity contribution in [1.82, 2.24) is 5.32 Å². The number of rotatable bonds is 5. The first-order valence-electron chi connectivity index (χ1n) is 8.44. The molecule has 0 aromatic heterocycles. The molecule has 3 nitrogen and oxygen atoms in total. The van der Waals surface area contributed by atoms with Gasteiger partial charge in [-0.15, -0.1) is 0 Å². The van der Waals surface area contributed by atoms with Crippen LogP contribution < -0.4 is 11.1 Å². The van der Waals surface area contributed by atoms with Crippen LogP contribution in [0.5, 0.6) is 0 Å². The zero-order valence-electron chi connectivity index (χ0n) is 12.9. The Morgan fingerprint density at radius 1 is 1.18 bits per heavy atom. The smallest absolute Gasteiger partial charge is 0.220 e. The molecule has 22 heavy (non-hydrogen) atoms. The molecule has 1 aromatic rings. The summed E-state index contributed by atoms with van der Waals surface area (Å²) in [5, 5.41) is 3.29. The molecule has 2 aliphatic carbocycles. The van der Waals surface area contributed by atoms with Crippen LogP contribution in [0.1, 0.15) is 56.6 Å². The SMILES string of the molecule is N[C@@H]1CCC[C@H]1CC(=O)NC(c1ccc(Br)cc1)C1CCC1. The molecule has 1 aromatic carbocycles. The number of amides is 1. The molecule has 3 rings (SSSR count). The lowest BCUT2D eigenvalue weighted by Gasteiger charge is -2.35. The molecule has 1 amide bonds. The fourth-order valence-corrected chi connectivity index (χ4v) is 3.97. The number of hydrogen-bond donors (Lipinski definition) is 2. The summed E-state index contributed by atoms with van der Waals surface area (Å²) >= 11 is 3.48. The standard InChI is InChI=1S/C18H25BrN2O/c19-15-9-7-13(8-10-15)18(12-3-1-4-12)21-17(22)11-14-5-2-6-16(14)20/h7-10,12,14,16,18H,1-6,11,20H2,(H,21,22)/t14-,16+,18?/m0/s1. The van der Waals surface area contributed by atoms with Gasteiger partial charge in [0.05, 0.1) is 6.04 Å². The van der Waals surface area contributed by atoms with Crippen molar-refractivity contribution < 1.29 is 4.79 Å². The molecule has 2 saturated carbocycles. The van der Waals surface area contributed by atoms with Crippen molar-refractivity contribution in [1.29, 1.82) is 0 Å². The third kappa shape index (κ3) is 3.72. The van der Waals surface area contributed by atoms with Crippen LogP contribution >= 0.6 is 15.9 Å². The summed E-state index contributed by atoms with van der Waals surface area (Å²) in [4.78, 5) is 12.5. The van der Waals surface area contributed by atoms with Crippen LogP contribution in [0.25, 0.3) is 0 Å². The molecule has 3 atom stereocenters. The average Bonchev–Trinajstić information content (AvgIpc) is 2.82. The van der Waals surface area contributed by atoms with Gasteiger partial charge < -0.3 is 11.1 Å². The van der Waals surface area contributed by atoms with E-state index >= 15 is 0 Å². The van der Waals surface area contributed by atoms with Gasteiger partial charge in [0.2, 0.25) is 5.91 Å². The van der Waals surface area contributed by atoms with Crippen LogP contribution in [0.3, 0.4) is 0 Å². The van der Waals surface area contributed by atoms with Crippen LogP contribution in [0, 0.1) is 11.8 Å². The van der Waals surface area contributed by atoms with Crippen molar-refractivity contribution >= 4 is 21.8 Å². The van der Waals surface area contributed by atoms with E-state index in [4.69, 9.17) is 5.73 Å². The first-order chi connectivity index (χ1) is 10.6. The Morgan fingerprint density at radius 3 is 2.41 bits per heavy atom. The fourth-order valence-electron chi connectivity index (χ4n) is 3.71. The van der Waals surface area contributed by atoms with Crippen molar-refractivity contribution in [3.05, 3.63) is 34.3 Å². The maximum absolute atomic E-state index is 12.5. The Morgan fingerprint density at radius 2 is 1.86 bits per heavy atom. The van der Waals surface area contributed by atoms with Gasteiger partial charge in [-0.25, -0.2) is 0 Å². The van der Waals surface area contributed by atoms with Gasteiger partial charge in [0.25, 0.3) is 0 Å². The van der Waals surface area contributed by atoms with Crippen molar-refractivity contribution in [2.75, 3.05) is 0 Å². The predicted molar refractivity (Wildman–Crippen MR) is 92.3 cm³/mol. The quantitative estimate of drug-likeness (QED) is 0.831. The first-order valence-corrected chi connectivity index (χ1v) is 9.23. The number of carbonyl (C=O) groups is 1. The maximum atomic E-state index is 12.5. The normalized spacial score (nSPS) is 26.5. The maximum Gasteiger partial charge on any atom is 0.220 e. The highest BCUT2D eigenvalue weighted by molar-refractivity contribution is 9.10. The molecule has 0 aliphatic heterocycles. The lowest BCUT2D eigenvalue weighted by molar-refractivity contribution is -0.123. The van der Waals surface area contributed by atoms with Gasteiger partial charge in [-0.3, -0.25) is 4.79 Å². The van der Waals surface area contributed by atoms with E-state index in [0.29, 0.717) is 18.3 Å². The number of carbonyl (C=O) groups excluding carboxylic acids is 1. The van der Waals surface area contributed by atoms with E-state index in [2.05, 4.69) is 45.5 Å². The van der Waals surface area contributed by atoms with Gasteiger partial charge in [-0.05, 0) is 55.2 Å². The molecule has 120 valence electrons. The summed E-state index contributed by atoms with van der Waals surface area (Å²) in [6.45, 7) is 0. The number of nitrogens with one attached hydrogen (secondary N) is 1. The van der Waals surface area contributed by atoms with E-state index in [0.717, 1.165) is 23.7 Å². The molecule has 2 aliphatic rings. The van der Waals surface area contributed by atoms with Gasteiger partial charge in [0.1, 0.15) is 0 Å². The fraction of sp³-hybridized carbons (Fsp3) is 0.611. The van der Waals surface area contributed by atoms with Crippen molar-refractivity contribution in [3.8, 4) is 0 Å². The second-order valence-corrected chi connectivity index (χ2v) is 7.76. The van der Waals surface area contributed by atoms with E-state index < -0.39 is 0 Å². The van der Waals surface area contributed by atoms with E-state index in [1.54, 1.807) is 0 Å². The summed E-state index contributed by atoms with van der Waals surface area (Å²) in [6.07, 6.45) is 7.62. The van der Waals surface area contributed by atoms with E-state index in [1.165, 1.54) is 24.8 Å². The van der Waals surface area contributed by atoms with Gasteiger partial charge >= 0.3 is 0 Å². The lowest BCUT2D eigenvalue weighted by atomic mass is 9.77. The minimum atomic E-state index is 0.159. The molecule has 0 spiro atoms. The predicted octanol–water partition coefficient (Wildman–Crippen LogP) is 3.92. The zero-order valence-corrected chi connectivity index (χ0v) is 14.5. The van der Waals surface area contributed by atoms with E-state index in [9.17, 15) is 4.79 Å². The van der Waals surface area contributed by atoms with Gasteiger partial charge in [0.15, 0.2) is 0 Å². The third-order valence-corrected chi connectivity index (χ3v) is 5.86. The Balaban J connectivity index is 1.64. The van der Waals surface area contributed by atoms with Crippen molar-refractivity contribution in [3.63, 3.8) is 0 Å². The highest BCUT2D eigenvalue weighted by Crippen LogP contribution is 2.38. The van der Waals surface area contributed by atoms with Gasteiger partial charge in [-0.1, -0.05) is 40.9 Å². The summed E-state index contributed by atoms with van der Waals surface area (Å²) in [5.74, 6) is 1.12. The van der Waals surface area contributed by atoms with Crippen LogP contribution in [0.15, 0.2) is 28.7 Å². The Hall–Kier alpha value is -0.870. The monoisotopic (exact) mass is 364 g/mol. The Kier molecular flexibility index (Phi) is 5.19. The van der Waals surface area contributed by atoms with E-state index in [-0.39, 0.29) is 18.0 Å². The van der Waals surface area contributed by atoms with Crippen molar-refractivity contribution in [2.24, 2.45) is 17.6 Å². The number of nitrogens with two attached hydrogens (primary N) is 1. The second kappa shape index (κ2) is 7.14. The highest BCUT2D eigenvalue weighted by Gasteiger charge is 2.31. The Bertz CT molecular complexity index is 512. The molecule has 2 fully saturated rings. The largest absolute Gasteiger partial charge is 0.349 e. The summed E-state index contributed by atoms with van der Waals surface area (Å²) in [7, 11) is 0. The van der Waals surface area contributed by atoms with Gasteiger partial charge in [0, 0.05) is 16.9 Å².